The van der Waals surface area contributed by atoms with Gasteiger partial charge in [-0.3, -0.25) is 4.98 Å². The molecule has 0 atom stereocenters. The van der Waals surface area contributed by atoms with Crippen molar-refractivity contribution in [3.63, 3.8) is 0 Å². The molecule has 130 valence electrons. The van der Waals surface area contributed by atoms with E-state index in [9.17, 15) is 0 Å². The fourth-order valence-corrected chi connectivity index (χ4v) is 3.49. The Labute approximate surface area is 165 Å². The van der Waals surface area contributed by atoms with Gasteiger partial charge in [-0.25, -0.2) is 9.67 Å². The number of pyridine rings is 2. The summed E-state index contributed by atoms with van der Waals surface area (Å²) in [7, 11) is 0. The van der Waals surface area contributed by atoms with E-state index in [1.54, 1.807) is 41.0 Å². The molecule has 0 aliphatic rings. The topological polar surface area (TPSA) is 67.4 Å². The first-order valence-corrected chi connectivity index (χ1v) is 9.23. The van der Waals surface area contributed by atoms with Crippen LogP contribution in [-0.2, 0) is 0 Å². The molecule has 0 spiro atoms. The molecule has 5 nitrogen and oxygen atoms in total. The van der Waals surface area contributed by atoms with Crippen LogP contribution in [0.4, 0.5) is 0 Å². The summed E-state index contributed by atoms with van der Waals surface area (Å²) < 4.78 is 1.73. The van der Waals surface area contributed by atoms with Gasteiger partial charge < -0.3 is 0 Å². The third-order valence-electron chi connectivity index (χ3n) is 3.74. The van der Waals surface area contributed by atoms with E-state index in [0.717, 1.165) is 21.3 Å². The van der Waals surface area contributed by atoms with Crippen LogP contribution in [-0.4, -0.2) is 19.7 Å². The lowest BCUT2D eigenvalue weighted by Gasteiger charge is -2.02. The SMILES string of the molecule is N#Cc1ccc(-c2nn(-c3ccccn3)cc2Sc2ccc(Cl)cc2)nc1. The highest BCUT2D eigenvalue weighted by molar-refractivity contribution is 7.99. The largest absolute Gasteiger partial charge is 0.253 e. The Hall–Kier alpha value is -3.14. The lowest BCUT2D eigenvalue weighted by Crippen LogP contribution is -1.97. The molecule has 1 aromatic carbocycles. The van der Waals surface area contributed by atoms with Crippen molar-refractivity contribution in [2.75, 3.05) is 0 Å². The summed E-state index contributed by atoms with van der Waals surface area (Å²) in [6.45, 7) is 0. The third kappa shape index (κ3) is 3.85. The van der Waals surface area contributed by atoms with Crippen LogP contribution in [0.2, 0.25) is 5.02 Å². The van der Waals surface area contributed by atoms with Gasteiger partial charge in [0.2, 0.25) is 0 Å². The summed E-state index contributed by atoms with van der Waals surface area (Å²) in [5.41, 5.74) is 1.93. The van der Waals surface area contributed by atoms with Crippen LogP contribution in [0.15, 0.2) is 83.0 Å². The normalized spacial score (nSPS) is 10.5. The molecule has 0 saturated carbocycles. The van der Waals surface area contributed by atoms with E-state index in [1.165, 1.54) is 0 Å². The predicted molar refractivity (Wildman–Crippen MR) is 105 cm³/mol. The number of halogens is 1. The molecule has 0 fully saturated rings. The van der Waals surface area contributed by atoms with Gasteiger partial charge in [0.1, 0.15) is 11.8 Å². The Bertz CT molecular complexity index is 1100. The zero-order chi connectivity index (χ0) is 18.6. The number of aromatic nitrogens is 4. The standard InChI is InChI=1S/C20H12ClN5S/c21-15-5-7-16(8-6-15)27-18-13-26(19-3-1-2-10-23-19)25-20(18)17-9-4-14(11-22)12-24-17/h1-10,12-13H. The first kappa shape index (κ1) is 17.3. The van der Waals surface area contributed by atoms with Crippen LogP contribution in [0.5, 0.6) is 0 Å². The van der Waals surface area contributed by atoms with Gasteiger partial charge in [-0.1, -0.05) is 29.4 Å². The van der Waals surface area contributed by atoms with E-state index >= 15 is 0 Å². The molecule has 4 aromatic rings. The molecule has 0 N–H and O–H groups in total. The maximum atomic E-state index is 8.99. The lowest BCUT2D eigenvalue weighted by molar-refractivity contribution is 0.848. The summed E-state index contributed by atoms with van der Waals surface area (Å²) in [5.74, 6) is 0.718. The number of hydrogen-bond donors (Lipinski definition) is 0. The Morgan fingerprint density at radius 2 is 1.85 bits per heavy atom. The minimum atomic E-state index is 0.509. The van der Waals surface area contributed by atoms with E-state index in [1.807, 2.05) is 48.7 Å². The molecule has 0 aliphatic carbocycles. The zero-order valence-electron chi connectivity index (χ0n) is 14.0. The van der Waals surface area contributed by atoms with Crippen molar-refractivity contribution < 1.29 is 0 Å². The Morgan fingerprint density at radius 3 is 2.52 bits per heavy atom. The monoisotopic (exact) mass is 389 g/mol. The molecular formula is C20H12ClN5S. The molecule has 27 heavy (non-hydrogen) atoms. The minimum absolute atomic E-state index is 0.509. The maximum Gasteiger partial charge on any atom is 0.153 e. The van der Waals surface area contributed by atoms with Crippen LogP contribution >= 0.6 is 23.4 Å². The van der Waals surface area contributed by atoms with Gasteiger partial charge in [0.15, 0.2) is 5.82 Å². The van der Waals surface area contributed by atoms with Crippen LogP contribution in [0.1, 0.15) is 5.56 Å². The molecule has 0 unspecified atom stereocenters. The number of nitriles is 1. The first-order valence-electron chi connectivity index (χ1n) is 8.04. The molecule has 4 rings (SSSR count). The summed E-state index contributed by atoms with van der Waals surface area (Å²) in [6.07, 6.45) is 5.20. The van der Waals surface area contributed by atoms with Crippen molar-refractivity contribution in [2.45, 2.75) is 9.79 Å². The van der Waals surface area contributed by atoms with Crippen molar-refractivity contribution in [3.05, 3.63) is 83.8 Å². The summed E-state index contributed by atoms with van der Waals surface area (Å²) in [5, 5.41) is 14.4. The second-order valence-corrected chi connectivity index (χ2v) is 7.13. The molecule has 7 heteroatoms. The summed E-state index contributed by atoms with van der Waals surface area (Å²) >= 11 is 7.55. The average Bonchev–Trinajstić information content (AvgIpc) is 3.14. The minimum Gasteiger partial charge on any atom is -0.253 e. The zero-order valence-corrected chi connectivity index (χ0v) is 15.5. The van der Waals surface area contributed by atoms with Crippen molar-refractivity contribution in [2.24, 2.45) is 0 Å². The van der Waals surface area contributed by atoms with E-state index in [2.05, 4.69) is 21.1 Å². The molecular weight excluding hydrogens is 378 g/mol. The van der Waals surface area contributed by atoms with Crippen LogP contribution in [0.3, 0.4) is 0 Å². The van der Waals surface area contributed by atoms with Gasteiger partial charge in [-0.2, -0.15) is 10.4 Å². The molecule has 0 radical (unpaired) electrons. The fraction of sp³-hybridized carbons (Fsp3) is 0. The van der Waals surface area contributed by atoms with Crippen molar-refractivity contribution in [1.82, 2.24) is 19.7 Å². The molecule has 3 aromatic heterocycles. The maximum absolute atomic E-state index is 8.99. The molecule has 0 amide bonds. The summed E-state index contributed by atoms with van der Waals surface area (Å²) in [4.78, 5) is 10.7. The smallest absolute Gasteiger partial charge is 0.153 e. The Morgan fingerprint density at radius 1 is 1.00 bits per heavy atom. The van der Waals surface area contributed by atoms with Crippen LogP contribution in [0.25, 0.3) is 17.2 Å². The van der Waals surface area contributed by atoms with Crippen LogP contribution < -0.4 is 0 Å². The average molecular weight is 390 g/mol. The van der Waals surface area contributed by atoms with E-state index in [0.29, 0.717) is 16.3 Å². The number of nitrogens with zero attached hydrogens (tertiary/aromatic N) is 5. The molecule has 3 heterocycles. The highest BCUT2D eigenvalue weighted by Crippen LogP contribution is 2.35. The van der Waals surface area contributed by atoms with Gasteiger partial charge in [-0.15, -0.1) is 0 Å². The van der Waals surface area contributed by atoms with Crippen molar-refractivity contribution >= 4 is 23.4 Å². The Balaban J connectivity index is 1.78. The molecule has 0 saturated heterocycles. The van der Waals surface area contributed by atoms with Gasteiger partial charge in [0, 0.05) is 28.5 Å². The van der Waals surface area contributed by atoms with Gasteiger partial charge in [-0.05, 0) is 48.5 Å². The summed E-state index contributed by atoms with van der Waals surface area (Å²) in [6, 6.07) is 18.9. The molecule has 0 bridgehead atoms. The number of rotatable bonds is 4. The second-order valence-electron chi connectivity index (χ2n) is 5.57. The van der Waals surface area contributed by atoms with Gasteiger partial charge in [0.05, 0.1) is 16.2 Å². The van der Waals surface area contributed by atoms with Gasteiger partial charge >= 0.3 is 0 Å². The third-order valence-corrected chi connectivity index (χ3v) is 5.02. The van der Waals surface area contributed by atoms with Gasteiger partial charge in [0.25, 0.3) is 0 Å². The van der Waals surface area contributed by atoms with Crippen LogP contribution in [0, 0.1) is 11.3 Å². The van der Waals surface area contributed by atoms with E-state index < -0.39 is 0 Å². The van der Waals surface area contributed by atoms with Crippen molar-refractivity contribution in [1.29, 1.82) is 5.26 Å². The lowest BCUT2D eigenvalue weighted by atomic mass is 10.2. The Kier molecular flexibility index (Phi) is 4.88. The highest BCUT2D eigenvalue weighted by Gasteiger charge is 2.15. The first-order chi connectivity index (χ1) is 13.2. The fourth-order valence-electron chi connectivity index (χ4n) is 2.45. The van der Waals surface area contributed by atoms with E-state index in [4.69, 9.17) is 16.9 Å². The molecule has 0 aliphatic heterocycles. The quantitative estimate of drug-likeness (QED) is 0.491. The highest BCUT2D eigenvalue weighted by atomic mass is 35.5. The number of benzene rings is 1. The van der Waals surface area contributed by atoms with E-state index in [-0.39, 0.29) is 0 Å². The second kappa shape index (κ2) is 7.62. The van der Waals surface area contributed by atoms with Crippen molar-refractivity contribution in [3.8, 4) is 23.3 Å². The predicted octanol–water partition coefficient (Wildman–Crippen LogP) is 5.01. The number of hydrogen-bond acceptors (Lipinski definition) is 5.